The molecule has 1 aromatic heterocycles. The largest absolute Gasteiger partial charge is 0.356 e. The molecular formula is C18H21ClN2O. The van der Waals surface area contributed by atoms with E-state index in [4.69, 9.17) is 11.6 Å². The first kappa shape index (κ1) is 16.5. The van der Waals surface area contributed by atoms with Crippen LogP contribution in [0.1, 0.15) is 36.8 Å². The maximum absolute atomic E-state index is 12.5. The first-order valence-corrected chi connectivity index (χ1v) is 8.00. The van der Waals surface area contributed by atoms with Crippen LogP contribution in [0.4, 0.5) is 0 Å². The zero-order valence-corrected chi connectivity index (χ0v) is 13.5. The number of carbonyl (C=O) groups excluding carboxylic acids is 1. The van der Waals surface area contributed by atoms with Gasteiger partial charge in [0.15, 0.2) is 0 Å². The molecule has 1 amide bonds. The van der Waals surface area contributed by atoms with E-state index in [1.54, 1.807) is 6.20 Å². The van der Waals surface area contributed by atoms with Gasteiger partial charge >= 0.3 is 0 Å². The van der Waals surface area contributed by atoms with Crippen LogP contribution in [0.3, 0.4) is 0 Å². The third-order valence-corrected chi connectivity index (χ3v) is 3.83. The Morgan fingerprint density at radius 2 is 2.05 bits per heavy atom. The molecule has 1 aromatic carbocycles. The number of amides is 1. The number of carbonyl (C=O) groups is 1. The molecule has 1 heterocycles. The minimum absolute atomic E-state index is 0.0552. The van der Waals surface area contributed by atoms with Crippen molar-refractivity contribution >= 4 is 17.5 Å². The number of halogens is 1. The minimum atomic E-state index is -0.224. The summed E-state index contributed by atoms with van der Waals surface area (Å²) in [6, 6.07) is 11.4. The molecule has 1 atom stereocenters. The molecule has 0 bridgehead atoms. The Morgan fingerprint density at radius 1 is 1.27 bits per heavy atom. The molecule has 0 saturated heterocycles. The highest BCUT2D eigenvalue weighted by Crippen LogP contribution is 2.23. The van der Waals surface area contributed by atoms with E-state index in [1.807, 2.05) is 42.6 Å². The Hall–Kier alpha value is -1.87. The van der Waals surface area contributed by atoms with Crippen molar-refractivity contribution in [2.45, 2.75) is 32.1 Å². The topological polar surface area (TPSA) is 42.0 Å². The van der Waals surface area contributed by atoms with Crippen LogP contribution in [0.25, 0.3) is 0 Å². The lowest BCUT2D eigenvalue weighted by Gasteiger charge is -2.17. The van der Waals surface area contributed by atoms with Crippen molar-refractivity contribution in [2.24, 2.45) is 0 Å². The normalized spacial score (nSPS) is 11.9. The van der Waals surface area contributed by atoms with Crippen molar-refractivity contribution < 1.29 is 4.79 Å². The smallest absolute Gasteiger partial charge is 0.227 e. The molecule has 0 saturated carbocycles. The quantitative estimate of drug-likeness (QED) is 0.785. The highest BCUT2D eigenvalue weighted by atomic mass is 35.5. The fraction of sp³-hybridized carbons (Fsp3) is 0.333. The van der Waals surface area contributed by atoms with Crippen LogP contribution in [0.15, 0.2) is 48.8 Å². The molecule has 0 aliphatic rings. The number of hydrogen-bond acceptors (Lipinski definition) is 2. The van der Waals surface area contributed by atoms with E-state index in [0.717, 1.165) is 24.0 Å². The van der Waals surface area contributed by atoms with Crippen molar-refractivity contribution in [3.63, 3.8) is 0 Å². The van der Waals surface area contributed by atoms with Crippen molar-refractivity contribution in [1.29, 1.82) is 0 Å². The van der Waals surface area contributed by atoms with Crippen LogP contribution in [0, 0.1) is 0 Å². The van der Waals surface area contributed by atoms with Crippen LogP contribution in [-0.4, -0.2) is 17.4 Å². The van der Waals surface area contributed by atoms with Gasteiger partial charge in [0.25, 0.3) is 0 Å². The van der Waals surface area contributed by atoms with Crippen molar-refractivity contribution in [2.75, 3.05) is 6.54 Å². The molecule has 0 spiro atoms. The summed E-state index contributed by atoms with van der Waals surface area (Å²) in [6.45, 7) is 2.82. The number of pyridine rings is 1. The maximum Gasteiger partial charge on any atom is 0.227 e. The number of nitrogens with one attached hydrogen (secondary N) is 1. The molecule has 1 N–H and O–H groups in total. The second-order valence-electron chi connectivity index (χ2n) is 5.31. The summed E-state index contributed by atoms with van der Waals surface area (Å²) in [6.07, 6.45) is 6.23. The summed E-state index contributed by atoms with van der Waals surface area (Å²) >= 11 is 5.95. The first-order valence-electron chi connectivity index (χ1n) is 7.62. The van der Waals surface area contributed by atoms with Gasteiger partial charge in [-0.2, -0.15) is 0 Å². The SMILES string of the molecule is CCCCNC(=O)C(Cc1cccnc1)c1ccc(Cl)cc1. The lowest BCUT2D eigenvalue weighted by atomic mass is 9.91. The van der Waals surface area contributed by atoms with E-state index in [0.29, 0.717) is 18.0 Å². The second-order valence-corrected chi connectivity index (χ2v) is 5.75. The predicted octanol–water partition coefficient (Wildman–Crippen LogP) is 3.98. The van der Waals surface area contributed by atoms with Crippen LogP contribution in [-0.2, 0) is 11.2 Å². The second kappa shape index (κ2) is 8.54. The van der Waals surface area contributed by atoms with Gasteiger partial charge in [0, 0.05) is 24.0 Å². The monoisotopic (exact) mass is 316 g/mol. The molecule has 0 fully saturated rings. The Balaban J connectivity index is 2.16. The third kappa shape index (κ3) is 4.85. The predicted molar refractivity (Wildman–Crippen MR) is 90.1 cm³/mol. The van der Waals surface area contributed by atoms with Crippen LogP contribution in [0.5, 0.6) is 0 Å². The Bertz CT molecular complexity index is 584. The summed E-state index contributed by atoms with van der Waals surface area (Å²) in [7, 11) is 0. The average Bonchev–Trinajstić information content (AvgIpc) is 2.55. The van der Waals surface area contributed by atoms with Crippen molar-refractivity contribution in [3.8, 4) is 0 Å². The van der Waals surface area contributed by atoms with E-state index in [2.05, 4.69) is 17.2 Å². The summed E-state index contributed by atoms with van der Waals surface area (Å²) in [5, 5.41) is 3.70. The summed E-state index contributed by atoms with van der Waals surface area (Å²) in [5.41, 5.74) is 2.02. The van der Waals surface area contributed by atoms with Gasteiger partial charge in [-0.1, -0.05) is 43.1 Å². The molecule has 0 aliphatic carbocycles. The highest BCUT2D eigenvalue weighted by Gasteiger charge is 2.20. The molecule has 2 rings (SSSR count). The molecule has 116 valence electrons. The highest BCUT2D eigenvalue weighted by molar-refractivity contribution is 6.30. The lowest BCUT2D eigenvalue weighted by molar-refractivity contribution is -0.122. The molecule has 1 unspecified atom stereocenters. The van der Waals surface area contributed by atoms with Gasteiger partial charge in [0.1, 0.15) is 0 Å². The average molecular weight is 317 g/mol. The van der Waals surface area contributed by atoms with Crippen molar-refractivity contribution in [3.05, 3.63) is 64.9 Å². The number of nitrogens with zero attached hydrogens (tertiary/aromatic N) is 1. The van der Waals surface area contributed by atoms with Gasteiger partial charge < -0.3 is 5.32 Å². The molecule has 4 heteroatoms. The Labute approximate surface area is 136 Å². The number of aromatic nitrogens is 1. The van der Waals surface area contributed by atoms with Gasteiger partial charge in [-0.25, -0.2) is 0 Å². The van der Waals surface area contributed by atoms with E-state index in [-0.39, 0.29) is 11.8 Å². The minimum Gasteiger partial charge on any atom is -0.356 e. The van der Waals surface area contributed by atoms with E-state index in [1.165, 1.54) is 0 Å². The first-order chi connectivity index (χ1) is 10.7. The zero-order valence-electron chi connectivity index (χ0n) is 12.8. The van der Waals surface area contributed by atoms with E-state index >= 15 is 0 Å². The molecule has 0 radical (unpaired) electrons. The van der Waals surface area contributed by atoms with Crippen LogP contribution < -0.4 is 5.32 Å². The van der Waals surface area contributed by atoms with E-state index < -0.39 is 0 Å². The number of unbranched alkanes of at least 4 members (excludes halogenated alkanes) is 1. The van der Waals surface area contributed by atoms with E-state index in [9.17, 15) is 4.79 Å². The van der Waals surface area contributed by atoms with Gasteiger partial charge in [0.05, 0.1) is 5.92 Å². The molecule has 2 aromatic rings. The fourth-order valence-corrected chi connectivity index (χ4v) is 2.45. The molecular weight excluding hydrogens is 296 g/mol. The van der Waals surface area contributed by atoms with Gasteiger partial charge in [-0.3, -0.25) is 9.78 Å². The number of hydrogen-bond donors (Lipinski definition) is 1. The summed E-state index contributed by atoms with van der Waals surface area (Å²) in [5.74, 6) is -0.169. The van der Waals surface area contributed by atoms with Gasteiger partial charge in [-0.15, -0.1) is 0 Å². The fourth-order valence-electron chi connectivity index (χ4n) is 2.32. The summed E-state index contributed by atoms with van der Waals surface area (Å²) in [4.78, 5) is 16.7. The van der Waals surface area contributed by atoms with Crippen molar-refractivity contribution in [1.82, 2.24) is 10.3 Å². The lowest BCUT2D eigenvalue weighted by Crippen LogP contribution is -2.31. The zero-order chi connectivity index (χ0) is 15.8. The molecule has 22 heavy (non-hydrogen) atoms. The maximum atomic E-state index is 12.5. The van der Waals surface area contributed by atoms with Crippen LogP contribution >= 0.6 is 11.6 Å². The Kier molecular flexibility index (Phi) is 6.41. The van der Waals surface area contributed by atoms with Gasteiger partial charge in [-0.05, 0) is 42.2 Å². The third-order valence-electron chi connectivity index (χ3n) is 3.58. The Morgan fingerprint density at radius 3 is 2.68 bits per heavy atom. The number of rotatable bonds is 7. The van der Waals surface area contributed by atoms with Gasteiger partial charge in [0.2, 0.25) is 5.91 Å². The molecule has 0 aliphatic heterocycles. The number of benzene rings is 1. The molecule has 3 nitrogen and oxygen atoms in total. The van der Waals surface area contributed by atoms with Crippen LogP contribution in [0.2, 0.25) is 5.02 Å². The standard InChI is InChI=1S/C18H21ClN2O/c1-2-3-11-21-18(22)17(12-14-5-4-10-20-13-14)15-6-8-16(19)9-7-15/h4-10,13,17H,2-3,11-12H2,1H3,(H,21,22). The summed E-state index contributed by atoms with van der Waals surface area (Å²) < 4.78 is 0.